The quantitative estimate of drug-likeness (QED) is 0.860. The maximum Gasteiger partial charge on any atom is 0.339 e. The van der Waals surface area contributed by atoms with E-state index in [-0.39, 0.29) is 11.6 Å². The van der Waals surface area contributed by atoms with Gasteiger partial charge in [-0.2, -0.15) is 5.10 Å². The maximum absolute atomic E-state index is 11.1. The molecule has 1 aliphatic rings. The van der Waals surface area contributed by atoms with E-state index in [0.29, 0.717) is 17.7 Å². The summed E-state index contributed by atoms with van der Waals surface area (Å²) in [5.74, 6) is 0.587. The number of nitrogens with one attached hydrogen (secondary N) is 1. The Balaban J connectivity index is 2.16. The Kier molecular flexibility index (Phi) is 3.79. The van der Waals surface area contributed by atoms with Gasteiger partial charge in [0.25, 0.3) is 0 Å². The van der Waals surface area contributed by atoms with Crippen molar-refractivity contribution in [2.24, 2.45) is 11.8 Å². The number of carboxylic acid groups (broad SMARTS) is 1. The van der Waals surface area contributed by atoms with Gasteiger partial charge in [-0.3, -0.25) is 0 Å². The van der Waals surface area contributed by atoms with Crippen LogP contribution >= 0.6 is 0 Å². The van der Waals surface area contributed by atoms with Crippen LogP contribution in [-0.2, 0) is 0 Å². The van der Waals surface area contributed by atoms with Crippen LogP contribution in [-0.4, -0.2) is 27.3 Å². The Morgan fingerprint density at radius 2 is 2.22 bits per heavy atom. The third kappa shape index (κ3) is 2.60. The first kappa shape index (κ1) is 12.8. The second-order valence-corrected chi connectivity index (χ2v) is 5.12. The number of anilines is 1. The Labute approximate surface area is 107 Å². The van der Waals surface area contributed by atoms with Gasteiger partial charge in [-0.1, -0.05) is 26.7 Å². The summed E-state index contributed by atoms with van der Waals surface area (Å²) in [6.07, 6.45) is 4.88. The van der Waals surface area contributed by atoms with Crippen LogP contribution in [0.4, 0.5) is 5.82 Å². The molecule has 2 rings (SSSR count). The van der Waals surface area contributed by atoms with Crippen molar-refractivity contribution in [3.05, 3.63) is 17.8 Å². The number of carboxylic acids is 1. The topological polar surface area (TPSA) is 75.1 Å². The number of rotatable bonds is 3. The maximum atomic E-state index is 11.1. The van der Waals surface area contributed by atoms with Crippen molar-refractivity contribution < 1.29 is 9.90 Å². The van der Waals surface area contributed by atoms with E-state index in [9.17, 15) is 4.79 Å². The summed E-state index contributed by atoms with van der Waals surface area (Å²) in [6.45, 7) is 4.45. The second-order valence-electron chi connectivity index (χ2n) is 5.12. The lowest BCUT2D eigenvalue weighted by Gasteiger charge is -2.35. The SMILES string of the molecule is CC1CCCC(Nc2nnccc2C(=O)O)C1C. The molecule has 1 saturated carbocycles. The molecule has 0 saturated heterocycles. The van der Waals surface area contributed by atoms with E-state index in [1.807, 2.05) is 0 Å². The van der Waals surface area contributed by atoms with Gasteiger partial charge in [0.15, 0.2) is 5.82 Å². The number of hydrogen-bond acceptors (Lipinski definition) is 4. The minimum absolute atomic E-state index is 0.190. The Bertz CT molecular complexity index is 436. The summed E-state index contributed by atoms with van der Waals surface area (Å²) in [6, 6.07) is 1.76. The van der Waals surface area contributed by atoms with E-state index in [1.165, 1.54) is 25.1 Å². The Hall–Kier alpha value is -1.65. The highest BCUT2D eigenvalue weighted by Gasteiger charge is 2.28. The molecule has 1 aromatic heterocycles. The van der Waals surface area contributed by atoms with E-state index < -0.39 is 5.97 Å². The number of hydrogen-bond donors (Lipinski definition) is 2. The highest BCUT2D eigenvalue weighted by atomic mass is 16.4. The van der Waals surface area contributed by atoms with Crippen molar-refractivity contribution in [2.45, 2.75) is 39.2 Å². The predicted molar refractivity (Wildman–Crippen MR) is 68.6 cm³/mol. The molecule has 3 unspecified atom stereocenters. The summed E-state index contributed by atoms with van der Waals surface area (Å²) in [4.78, 5) is 11.1. The van der Waals surface area contributed by atoms with Crippen LogP contribution in [0.5, 0.6) is 0 Å². The molecule has 0 aromatic carbocycles. The first-order valence-electron chi connectivity index (χ1n) is 6.41. The highest BCUT2D eigenvalue weighted by Crippen LogP contribution is 2.31. The summed E-state index contributed by atoms with van der Waals surface area (Å²) in [5, 5.41) is 20.0. The summed E-state index contributed by atoms with van der Waals surface area (Å²) in [5.41, 5.74) is 0.190. The first-order chi connectivity index (χ1) is 8.59. The molecule has 1 heterocycles. The standard InChI is InChI=1S/C13H19N3O2/c1-8-4-3-5-11(9(8)2)15-12-10(13(17)18)6-7-14-16-12/h6-9,11H,3-5H2,1-2H3,(H,15,16)(H,17,18). The molecule has 3 atom stereocenters. The number of aromatic carboxylic acids is 1. The Morgan fingerprint density at radius 3 is 2.94 bits per heavy atom. The van der Waals surface area contributed by atoms with Crippen LogP contribution in [0, 0.1) is 11.8 Å². The van der Waals surface area contributed by atoms with Gasteiger partial charge in [0, 0.05) is 6.04 Å². The minimum Gasteiger partial charge on any atom is -0.478 e. The molecule has 0 bridgehead atoms. The third-order valence-electron chi connectivity index (χ3n) is 3.98. The zero-order valence-corrected chi connectivity index (χ0v) is 10.8. The highest BCUT2D eigenvalue weighted by molar-refractivity contribution is 5.92. The van der Waals surface area contributed by atoms with Gasteiger partial charge in [-0.15, -0.1) is 5.10 Å². The van der Waals surface area contributed by atoms with E-state index in [0.717, 1.165) is 6.42 Å². The van der Waals surface area contributed by atoms with Crippen LogP contribution in [0.15, 0.2) is 12.3 Å². The average Bonchev–Trinajstić information content (AvgIpc) is 2.35. The van der Waals surface area contributed by atoms with E-state index in [4.69, 9.17) is 5.11 Å². The molecule has 1 fully saturated rings. The van der Waals surface area contributed by atoms with E-state index in [1.54, 1.807) is 0 Å². The van der Waals surface area contributed by atoms with Gasteiger partial charge in [-0.25, -0.2) is 4.79 Å². The van der Waals surface area contributed by atoms with Crippen molar-refractivity contribution in [3.63, 3.8) is 0 Å². The van der Waals surface area contributed by atoms with E-state index in [2.05, 4.69) is 29.4 Å². The summed E-state index contributed by atoms with van der Waals surface area (Å²) >= 11 is 0. The smallest absolute Gasteiger partial charge is 0.339 e. The van der Waals surface area contributed by atoms with Crippen LogP contribution in [0.3, 0.4) is 0 Å². The van der Waals surface area contributed by atoms with Gasteiger partial charge >= 0.3 is 5.97 Å². The number of nitrogens with zero attached hydrogens (tertiary/aromatic N) is 2. The van der Waals surface area contributed by atoms with Gasteiger partial charge in [0.05, 0.1) is 6.20 Å². The van der Waals surface area contributed by atoms with E-state index >= 15 is 0 Å². The van der Waals surface area contributed by atoms with Crippen molar-refractivity contribution in [1.82, 2.24) is 10.2 Å². The van der Waals surface area contributed by atoms with Crippen LogP contribution in [0.2, 0.25) is 0 Å². The monoisotopic (exact) mass is 249 g/mol. The van der Waals surface area contributed by atoms with Gasteiger partial charge in [-0.05, 0) is 24.3 Å². The molecule has 0 amide bonds. The van der Waals surface area contributed by atoms with Gasteiger partial charge < -0.3 is 10.4 Å². The molecule has 1 aliphatic carbocycles. The van der Waals surface area contributed by atoms with Gasteiger partial charge in [0.1, 0.15) is 5.56 Å². The average molecular weight is 249 g/mol. The number of carbonyl (C=O) groups is 1. The number of aromatic nitrogens is 2. The molecule has 5 heteroatoms. The fraction of sp³-hybridized carbons (Fsp3) is 0.615. The second kappa shape index (κ2) is 5.33. The molecular formula is C13H19N3O2. The molecule has 2 N–H and O–H groups in total. The van der Waals surface area contributed by atoms with Crippen LogP contribution < -0.4 is 5.32 Å². The first-order valence-corrected chi connectivity index (χ1v) is 6.41. The fourth-order valence-corrected chi connectivity index (χ4v) is 2.57. The minimum atomic E-state index is -0.969. The molecule has 18 heavy (non-hydrogen) atoms. The zero-order valence-electron chi connectivity index (χ0n) is 10.8. The zero-order chi connectivity index (χ0) is 13.1. The van der Waals surface area contributed by atoms with Gasteiger partial charge in [0.2, 0.25) is 0 Å². The van der Waals surface area contributed by atoms with Crippen molar-refractivity contribution in [3.8, 4) is 0 Å². The molecule has 98 valence electrons. The van der Waals surface area contributed by atoms with Crippen molar-refractivity contribution in [1.29, 1.82) is 0 Å². The fourth-order valence-electron chi connectivity index (χ4n) is 2.57. The third-order valence-corrected chi connectivity index (χ3v) is 3.98. The summed E-state index contributed by atoms with van der Waals surface area (Å²) in [7, 11) is 0. The lowest BCUT2D eigenvalue weighted by Crippen LogP contribution is -2.35. The molecular weight excluding hydrogens is 230 g/mol. The molecule has 0 aliphatic heterocycles. The van der Waals surface area contributed by atoms with Crippen molar-refractivity contribution >= 4 is 11.8 Å². The molecule has 0 spiro atoms. The van der Waals surface area contributed by atoms with Crippen LogP contribution in [0.25, 0.3) is 0 Å². The lowest BCUT2D eigenvalue weighted by atomic mass is 9.78. The summed E-state index contributed by atoms with van der Waals surface area (Å²) < 4.78 is 0. The lowest BCUT2D eigenvalue weighted by molar-refractivity contribution is 0.0697. The van der Waals surface area contributed by atoms with Crippen LogP contribution in [0.1, 0.15) is 43.5 Å². The van der Waals surface area contributed by atoms with Crippen molar-refractivity contribution in [2.75, 3.05) is 5.32 Å². The Morgan fingerprint density at radius 1 is 1.44 bits per heavy atom. The molecule has 5 nitrogen and oxygen atoms in total. The predicted octanol–water partition coefficient (Wildman–Crippen LogP) is 2.41. The molecule has 0 radical (unpaired) electrons. The largest absolute Gasteiger partial charge is 0.478 e. The molecule has 1 aromatic rings. The normalized spacial score (nSPS) is 27.8.